The molecule has 0 bridgehead atoms. The van der Waals surface area contributed by atoms with Crippen LogP contribution in [-0.4, -0.2) is 44.2 Å². The SMILES string of the molecule is CCN1CCC(S(=O)(=O)NC(=O)Nc2c(C(C)C)cccc2C(C)C)C1. The van der Waals surface area contributed by atoms with Crippen LogP contribution in [0.5, 0.6) is 0 Å². The van der Waals surface area contributed by atoms with Gasteiger partial charge in [0.2, 0.25) is 10.0 Å². The number of likely N-dealkylation sites (tertiary alicyclic amines) is 1. The lowest BCUT2D eigenvalue weighted by Crippen LogP contribution is -2.42. The van der Waals surface area contributed by atoms with E-state index in [1.807, 2.05) is 25.1 Å². The van der Waals surface area contributed by atoms with Gasteiger partial charge >= 0.3 is 6.03 Å². The first-order valence-corrected chi connectivity index (χ1v) is 10.9. The van der Waals surface area contributed by atoms with Crippen LogP contribution >= 0.6 is 0 Å². The number of para-hydroxylation sites is 1. The fourth-order valence-corrected chi connectivity index (χ4v) is 4.68. The predicted molar refractivity (Wildman–Crippen MR) is 106 cm³/mol. The zero-order chi connectivity index (χ0) is 19.5. The van der Waals surface area contributed by atoms with E-state index in [1.54, 1.807) is 0 Å². The van der Waals surface area contributed by atoms with E-state index in [1.165, 1.54) is 0 Å². The molecule has 1 atom stereocenters. The van der Waals surface area contributed by atoms with Crippen molar-refractivity contribution < 1.29 is 13.2 Å². The maximum absolute atomic E-state index is 12.5. The minimum atomic E-state index is -3.69. The second-order valence-corrected chi connectivity index (χ2v) is 9.49. The Morgan fingerprint density at radius 3 is 2.23 bits per heavy atom. The fraction of sp³-hybridized carbons (Fsp3) is 0.632. The molecule has 0 radical (unpaired) electrons. The topological polar surface area (TPSA) is 78.5 Å². The second kappa shape index (κ2) is 8.39. The van der Waals surface area contributed by atoms with Crippen molar-refractivity contribution in [3.05, 3.63) is 29.3 Å². The lowest BCUT2D eigenvalue weighted by atomic mass is 9.93. The van der Waals surface area contributed by atoms with Crippen molar-refractivity contribution in [2.45, 2.75) is 58.1 Å². The minimum absolute atomic E-state index is 0.216. The Labute approximate surface area is 157 Å². The van der Waals surface area contributed by atoms with Crippen molar-refractivity contribution in [1.29, 1.82) is 0 Å². The number of hydrogen-bond donors (Lipinski definition) is 2. The van der Waals surface area contributed by atoms with Gasteiger partial charge in [0.1, 0.15) is 0 Å². The number of carbonyl (C=O) groups is 1. The van der Waals surface area contributed by atoms with Gasteiger partial charge in [0, 0.05) is 12.2 Å². The molecule has 1 aromatic carbocycles. The molecule has 6 nitrogen and oxygen atoms in total. The summed E-state index contributed by atoms with van der Waals surface area (Å²) in [6.07, 6.45) is 0.552. The molecule has 7 heteroatoms. The van der Waals surface area contributed by atoms with E-state index in [-0.39, 0.29) is 11.8 Å². The van der Waals surface area contributed by atoms with E-state index in [0.717, 1.165) is 24.2 Å². The standard InChI is InChI=1S/C19H31N3O3S/c1-6-22-11-10-15(12-22)26(24,25)21-19(23)20-18-16(13(2)3)8-7-9-17(18)14(4)5/h7-9,13-15H,6,10-12H2,1-5H3,(H2,20,21,23). The molecule has 1 aliphatic heterocycles. The first-order chi connectivity index (χ1) is 12.2. The average Bonchev–Trinajstić information content (AvgIpc) is 3.04. The first-order valence-electron chi connectivity index (χ1n) is 9.33. The van der Waals surface area contributed by atoms with Gasteiger partial charge in [-0.2, -0.15) is 0 Å². The Hall–Kier alpha value is -1.60. The zero-order valence-electron chi connectivity index (χ0n) is 16.4. The van der Waals surface area contributed by atoms with Gasteiger partial charge in [-0.1, -0.05) is 52.8 Å². The highest BCUT2D eigenvalue weighted by atomic mass is 32.2. The third-order valence-electron chi connectivity index (χ3n) is 4.96. The molecule has 0 aromatic heterocycles. The van der Waals surface area contributed by atoms with E-state index in [0.29, 0.717) is 18.7 Å². The van der Waals surface area contributed by atoms with Crippen molar-refractivity contribution in [3.8, 4) is 0 Å². The molecule has 1 fully saturated rings. The van der Waals surface area contributed by atoms with Gasteiger partial charge in [0.15, 0.2) is 0 Å². The number of nitrogens with zero attached hydrogens (tertiary/aromatic N) is 1. The van der Waals surface area contributed by atoms with E-state index < -0.39 is 21.3 Å². The van der Waals surface area contributed by atoms with Crippen LogP contribution in [0.25, 0.3) is 0 Å². The van der Waals surface area contributed by atoms with Gasteiger partial charge in [-0.25, -0.2) is 17.9 Å². The maximum Gasteiger partial charge on any atom is 0.332 e. The Bertz CT molecular complexity index is 718. The molecule has 2 amide bonds. The summed E-state index contributed by atoms with van der Waals surface area (Å²) in [5.74, 6) is 0.433. The highest BCUT2D eigenvalue weighted by molar-refractivity contribution is 7.90. The lowest BCUT2D eigenvalue weighted by Gasteiger charge is -2.21. The highest BCUT2D eigenvalue weighted by Gasteiger charge is 2.33. The molecule has 26 heavy (non-hydrogen) atoms. The number of sulfonamides is 1. The smallest absolute Gasteiger partial charge is 0.307 e. The second-order valence-electron chi connectivity index (χ2n) is 7.53. The van der Waals surface area contributed by atoms with Crippen LogP contribution in [0.4, 0.5) is 10.5 Å². The van der Waals surface area contributed by atoms with Crippen LogP contribution in [0.3, 0.4) is 0 Å². The normalized spacial score (nSPS) is 18.5. The number of anilines is 1. The third-order valence-corrected chi connectivity index (χ3v) is 6.69. The summed E-state index contributed by atoms with van der Waals surface area (Å²) in [4.78, 5) is 14.5. The third kappa shape index (κ3) is 4.76. The maximum atomic E-state index is 12.5. The first kappa shape index (κ1) is 20.7. The Kier molecular flexibility index (Phi) is 6.69. The largest absolute Gasteiger partial charge is 0.332 e. The summed E-state index contributed by atoms with van der Waals surface area (Å²) >= 11 is 0. The van der Waals surface area contributed by atoms with E-state index in [9.17, 15) is 13.2 Å². The molecule has 2 N–H and O–H groups in total. The molecule has 2 rings (SSSR count). The van der Waals surface area contributed by atoms with Crippen molar-refractivity contribution in [1.82, 2.24) is 9.62 Å². The van der Waals surface area contributed by atoms with Crippen LogP contribution < -0.4 is 10.0 Å². The Balaban J connectivity index is 2.17. The molecule has 0 spiro atoms. The van der Waals surface area contributed by atoms with Crippen LogP contribution in [0.1, 0.15) is 64.0 Å². The summed E-state index contributed by atoms with van der Waals surface area (Å²) in [5, 5.41) is 2.26. The highest BCUT2D eigenvalue weighted by Crippen LogP contribution is 2.32. The van der Waals surface area contributed by atoms with E-state index >= 15 is 0 Å². The molecule has 1 aliphatic rings. The van der Waals surface area contributed by atoms with Gasteiger partial charge in [0.05, 0.1) is 5.25 Å². The summed E-state index contributed by atoms with van der Waals surface area (Å²) < 4.78 is 27.3. The number of urea groups is 1. The number of benzene rings is 1. The van der Waals surface area contributed by atoms with Crippen molar-refractivity contribution in [3.63, 3.8) is 0 Å². The average molecular weight is 382 g/mol. The zero-order valence-corrected chi connectivity index (χ0v) is 17.2. The Morgan fingerprint density at radius 2 is 1.77 bits per heavy atom. The summed E-state index contributed by atoms with van der Waals surface area (Å²) in [5.41, 5.74) is 2.72. The summed E-state index contributed by atoms with van der Waals surface area (Å²) in [7, 11) is -3.69. The van der Waals surface area contributed by atoms with Gasteiger partial charge in [-0.15, -0.1) is 0 Å². The Morgan fingerprint density at radius 1 is 1.19 bits per heavy atom. The van der Waals surface area contributed by atoms with Crippen LogP contribution in [0.15, 0.2) is 18.2 Å². The molecule has 1 saturated heterocycles. The molecule has 1 aromatic rings. The van der Waals surface area contributed by atoms with Gasteiger partial charge in [0.25, 0.3) is 0 Å². The van der Waals surface area contributed by atoms with E-state index in [2.05, 4.69) is 42.6 Å². The van der Waals surface area contributed by atoms with Gasteiger partial charge in [-0.3, -0.25) is 0 Å². The number of nitrogens with one attached hydrogen (secondary N) is 2. The van der Waals surface area contributed by atoms with Crippen LogP contribution in [0, 0.1) is 0 Å². The summed E-state index contributed by atoms with van der Waals surface area (Å²) in [6, 6.07) is 5.23. The monoisotopic (exact) mass is 381 g/mol. The number of carbonyl (C=O) groups excluding carboxylic acids is 1. The predicted octanol–water partition coefficient (Wildman–Crippen LogP) is 3.48. The molecule has 0 saturated carbocycles. The molecule has 1 heterocycles. The number of hydrogen-bond acceptors (Lipinski definition) is 4. The molecule has 1 unspecified atom stereocenters. The van der Waals surface area contributed by atoms with E-state index in [4.69, 9.17) is 0 Å². The number of rotatable bonds is 6. The molecular weight excluding hydrogens is 350 g/mol. The minimum Gasteiger partial charge on any atom is -0.307 e. The molecular formula is C19H31N3O3S. The van der Waals surface area contributed by atoms with Crippen molar-refractivity contribution >= 4 is 21.7 Å². The lowest BCUT2D eigenvalue weighted by molar-refractivity contribution is 0.256. The fourth-order valence-electron chi connectivity index (χ4n) is 3.38. The summed E-state index contributed by atoms with van der Waals surface area (Å²) in [6.45, 7) is 12.3. The number of amides is 2. The molecule has 146 valence electrons. The molecule has 0 aliphatic carbocycles. The van der Waals surface area contributed by atoms with Crippen LogP contribution in [-0.2, 0) is 10.0 Å². The van der Waals surface area contributed by atoms with Gasteiger partial charge < -0.3 is 10.2 Å². The van der Waals surface area contributed by atoms with Crippen molar-refractivity contribution in [2.75, 3.05) is 25.0 Å². The quantitative estimate of drug-likeness (QED) is 0.791. The van der Waals surface area contributed by atoms with Gasteiger partial charge in [-0.05, 0) is 42.5 Å². The van der Waals surface area contributed by atoms with Crippen molar-refractivity contribution in [2.24, 2.45) is 0 Å². The van der Waals surface area contributed by atoms with Crippen LogP contribution in [0.2, 0.25) is 0 Å².